The van der Waals surface area contributed by atoms with Gasteiger partial charge in [-0.3, -0.25) is 0 Å². The van der Waals surface area contributed by atoms with E-state index in [-0.39, 0.29) is 6.10 Å². The zero-order valence-electron chi connectivity index (χ0n) is 10.3. The highest BCUT2D eigenvalue weighted by Crippen LogP contribution is 2.14. The topological polar surface area (TPSA) is 68.9 Å². The Bertz CT molecular complexity index is 382. The number of aromatic nitrogens is 1. The minimum Gasteiger partial charge on any atom is -0.391 e. The van der Waals surface area contributed by atoms with Crippen molar-refractivity contribution >= 4 is 5.82 Å². The third-order valence-corrected chi connectivity index (χ3v) is 2.97. The second-order valence-corrected chi connectivity index (χ2v) is 4.07. The van der Waals surface area contributed by atoms with Gasteiger partial charge in [-0.2, -0.15) is 5.26 Å². The number of rotatable bonds is 6. The Morgan fingerprint density at radius 3 is 2.76 bits per heavy atom. The van der Waals surface area contributed by atoms with Crippen LogP contribution < -0.4 is 5.32 Å². The van der Waals surface area contributed by atoms with E-state index in [9.17, 15) is 5.11 Å². The van der Waals surface area contributed by atoms with Gasteiger partial charge in [0.1, 0.15) is 5.82 Å². The lowest BCUT2D eigenvalue weighted by molar-refractivity contribution is 0.114. The van der Waals surface area contributed by atoms with Crippen LogP contribution in [0.4, 0.5) is 5.82 Å². The van der Waals surface area contributed by atoms with Crippen LogP contribution in [0.25, 0.3) is 0 Å². The van der Waals surface area contributed by atoms with Gasteiger partial charge in [-0.1, -0.05) is 26.7 Å². The molecule has 0 aromatic carbocycles. The summed E-state index contributed by atoms with van der Waals surface area (Å²) in [6, 6.07) is 5.39. The Morgan fingerprint density at radius 2 is 2.18 bits per heavy atom. The van der Waals surface area contributed by atoms with Crippen molar-refractivity contribution in [2.75, 3.05) is 11.9 Å². The van der Waals surface area contributed by atoms with E-state index in [4.69, 9.17) is 5.26 Å². The highest BCUT2D eigenvalue weighted by atomic mass is 16.3. The first-order chi connectivity index (χ1) is 8.21. The molecule has 1 aromatic heterocycles. The second-order valence-electron chi connectivity index (χ2n) is 4.07. The number of nitrogens with one attached hydrogen (secondary N) is 1. The van der Waals surface area contributed by atoms with Crippen LogP contribution in [0, 0.1) is 17.2 Å². The van der Waals surface area contributed by atoms with Crippen LogP contribution in [-0.4, -0.2) is 22.7 Å². The lowest BCUT2D eigenvalue weighted by Gasteiger charge is -2.20. The number of hydrogen-bond donors (Lipinski definition) is 2. The van der Waals surface area contributed by atoms with E-state index < -0.39 is 0 Å². The molecule has 4 heteroatoms. The van der Waals surface area contributed by atoms with Gasteiger partial charge in [-0.15, -0.1) is 0 Å². The van der Waals surface area contributed by atoms with Gasteiger partial charge in [-0.25, -0.2) is 4.98 Å². The van der Waals surface area contributed by atoms with Crippen molar-refractivity contribution in [3.63, 3.8) is 0 Å². The Morgan fingerprint density at radius 1 is 1.47 bits per heavy atom. The summed E-state index contributed by atoms with van der Waals surface area (Å²) in [5.74, 6) is 0.940. The maximum atomic E-state index is 9.94. The van der Waals surface area contributed by atoms with Crippen LogP contribution in [0.5, 0.6) is 0 Å². The van der Waals surface area contributed by atoms with E-state index in [2.05, 4.69) is 30.2 Å². The smallest absolute Gasteiger partial charge is 0.127 e. The van der Waals surface area contributed by atoms with Crippen molar-refractivity contribution < 1.29 is 5.11 Å². The molecule has 92 valence electrons. The molecule has 0 saturated carbocycles. The van der Waals surface area contributed by atoms with Gasteiger partial charge in [0.15, 0.2) is 0 Å². The summed E-state index contributed by atoms with van der Waals surface area (Å²) < 4.78 is 0. The fraction of sp³-hybridized carbons (Fsp3) is 0.538. The first-order valence-corrected chi connectivity index (χ1v) is 5.99. The molecule has 0 amide bonds. The van der Waals surface area contributed by atoms with Gasteiger partial charge >= 0.3 is 0 Å². The SMILES string of the molecule is CCC(CC)C(O)CNc1cc(C#N)ccn1. The molecule has 1 heterocycles. The van der Waals surface area contributed by atoms with Gasteiger partial charge in [0.05, 0.1) is 17.7 Å². The van der Waals surface area contributed by atoms with Crippen LogP contribution >= 0.6 is 0 Å². The number of nitrogens with zero attached hydrogens (tertiary/aromatic N) is 2. The van der Waals surface area contributed by atoms with Crippen LogP contribution in [-0.2, 0) is 0 Å². The maximum Gasteiger partial charge on any atom is 0.127 e. The standard InChI is InChI=1S/C13H19N3O/c1-3-11(4-2)12(17)9-16-13-7-10(8-14)5-6-15-13/h5-7,11-12,17H,3-4,9H2,1-2H3,(H,15,16). The van der Waals surface area contributed by atoms with Crippen molar-refractivity contribution in [1.82, 2.24) is 4.98 Å². The predicted octanol–water partition coefficient (Wildman–Crippen LogP) is 2.16. The van der Waals surface area contributed by atoms with E-state index >= 15 is 0 Å². The number of aliphatic hydroxyl groups excluding tert-OH is 1. The van der Waals surface area contributed by atoms with E-state index in [1.54, 1.807) is 18.3 Å². The Hall–Kier alpha value is -1.60. The molecule has 1 atom stereocenters. The molecule has 0 aliphatic rings. The van der Waals surface area contributed by atoms with E-state index in [1.165, 1.54) is 0 Å². The molecule has 4 nitrogen and oxygen atoms in total. The van der Waals surface area contributed by atoms with Crippen molar-refractivity contribution in [1.29, 1.82) is 5.26 Å². The lowest BCUT2D eigenvalue weighted by Crippen LogP contribution is -2.27. The fourth-order valence-corrected chi connectivity index (χ4v) is 1.81. The summed E-state index contributed by atoms with van der Waals surface area (Å²) in [5.41, 5.74) is 0.569. The molecule has 1 unspecified atom stereocenters. The minimum absolute atomic E-state index is 0.307. The molecule has 0 radical (unpaired) electrons. The number of pyridine rings is 1. The zero-order chi connectivity index (χ0) is 12.7. The molecular formula is C13H19N3O. The van der Waals surface area contributed by atoms with Crippen LogP contribution in [0.3, 0.4) is 0 Å². The number of anilines is 1. The Labute approximate surface area is 102 Å². The molecule has 1 rings (SSSR count). The zero-order valence-corrected chi connectivity index (χ0v) is 10.3. The first-order valence-electron chi connectivity index (χ1n) is 5.99. The molecule has 0 aliphatic carbocycles. The molecule has 0 fully saturated rings. The third kappa shape index (κ3) is 4.04. The molecular weight excluding hydrogens is 214 g/mol. The summed E-state index contributed by atoms with van der Waals surface area (Å²) in [6.45, 7) is 4.62. The van der Waals surface area contributed by atoms with Gasteiger partial charge in [0, 0.05) is 12.7 Å². The average molecular weight is 233 g/mol. The van der Waals surface area contributed by atoms with E-state index in [0.717, 1.165) is 12.8 Å². The Balaban J connectivity index is 2.52. The second kappa shape index (κ2) is 6.87. The lowest BCUT2D eigenvalue weighted by atomic mass is 9.96. The predicted molar refractivity (Wildman–Crippen MR) is 67.5 cm³/mol. The number of aliphatic hydroxyl groups is 1. The van der Waals surface area contributed by atoms with E-state index in [0.29, 0.717) is 23.8 Å². The van der Waals surface area contributed by atoms with Gasteiger partial charge in [-0.05, 0) is 18.1 Å². The van der Waals surface area contributed by atoms with Crippen LogP contribution in [0.15, 0.2) is 18.3 Å². The van der Waals surface area contributed by atoms with Crippen LogP contribution in [0.2, 0.25) is 0 Å². The maximum absolute atomic E-state index is 9.94. The molecule has 2 N–H and O–H groups in total. The van der Waals surface area contributed by atoms with Gasteiger partial charge in [0.2, 0.25) is 0 Å². The molecule has 17 heavy (non-hydrogen) atoms. The summed E-state index contributed by atoms with van der Waals surface area (Å²) in [7, 11) is 0. The van der Waals surface area contributed by atoms with Crippen molar-refractivity contribution in [2.45, 2.75) is 32.8 Å². The van der Waals surface area contributed by atoms with Gasteiger partial charge < -0.3 is 10.4 Å². The van der Waals surface area contributed by atoms with Crippen molar-refractivity contribution in [3.05, 3.63) is 23.9 Å². The summed E-state index contributed by atoms with van der Waals surface area (Å²) >= 11 is 0. The van der Waals surface area contributed by atoms with Gasteiger partial charge in [0.25, 0.3) is 0 Å². The third-order valence-electron chi connectivity index (χ3n) is 2.97. The molecule has 0 saturated heterocycles. The quantitative estimate of drug-likeness (QED) is 0.790. The average Bonchev–Trinajstić information content (AvgIpc) is 2.38. The summed E-state index contributed by atoms with van der Waals surface area (Å²) in [4.78, 5) is 4.10. The molecule has 0 aliphatic heterocycles. The van der Waals surface area contributed by atoms with Crippen molar-refractivity contribution in [3.8, 4) is 6.07 Å². The van der Waals surface area contributed by atoms with E-state index in [1.807, 2.05) is 0 Å². The minimum atomic E-state index is -0.377. The fourth-order valence-electron chi connectivity index (χ4n) is 1.81. The largest absolute Gasteiger partial charge is 0.391 e. The highest BCUT2D eigenvalue weighted by molar-refractivity contribution is 5.42. The highest BCUT2D eigenvalue weighted by Gasteiger charge is 2.14. The summed E-state index contributed by atoms with van der Waals surface area (Å²) in [5, 5.41) is 21.7. The molecule has 0 spiro atoms. The molecule has 1 aromatic rings. The monoisotopic (exact) mass is 233 g/mol. The first kappa shape index (κ1) is 13.5. The molecule has 0 bridgehead atoms. The van der Waals surface area contributed by atoms with Crippen LogP contribution in [0.1, 0.15) is 32.3 Å². The Kier molecular flexibility index (Phi) is 5.44. The van der Waals surface area contributed by atoms with Crippen molar-refractivity contribution in [2.24, 2.45) is 5.92 Å². The normalized spacial score (nSPS) is 12.2. The number of nitriles is 1. The number of hydrogen-bond acceptors (Lipinski definition) is 4. The summed E-state index contributed by atoms with van der Waals surface area (Å²) in [6.07, 6.45) is 3.14.